The van der Waals surface area contributed by atoms with Gasteiger partial charge in [-0.15, -0.1) is 0 Å². The second-order valence-electron chi connectivity index (χ2n) is 3.88. The molecular formula is C13H10N4O. The van der Waals surface area contributed by atoms with Gasteiger partial charge in [-0.3, -0.25) is 0 Å². The summed E-state index contributed by atoms with van der Waals surface area (Å²) < 4.78 is 6.90. The van der Waals surface area contributed by atoms with Gasteiger partial charge in [0, 0.05) is 12.6 Å². The Morgan fingerprint density at radius 1 is 1.39 bits per heavy atom. The fraction of sp³-hybridized carbons (Fsp3) is 0.154. The summed E-state index contributed by atoms with van der Waals surface area (Å²) >= 11 is 0. The average molecular weight is 238 g/mol. The van der Waals surface area contributed by atoms with Crippen molar-refractivity contribution in [1.82, 2.24) is 14.7 Å². The summed E-state index contributed by atoms with van der Waals surface area (Å²) in [6, 6.07) is 9.38. The Bertz CT molecular complexity index is 734. The van der Waals surface area contributed by atoms with Crippen molar-refractivity contribution in [2.75, 3.05) is 0 Å². The fourth-order valence-corrected chi connectivity index (χ4v) is 2.04. The minimum atomic E-state index is 0.606. The summed E-state index contributed by atoms with van der Waals surface area (Å²) in [6.07, 6.45) is 1.52. The Morgan fingerprint density at radius 2 is 2.28 bits per heavy atom. The number of hydrogen-bond donors (Lipinski definition) is 0. The van der Waals surface area contributed by atoms with Gasteiger partial charge in [-0.05, 0) is 25.1 Å². The van der Waals surface area contributed by atoms with Crippen LogP contribution in [0.2, 0.25) is 0 Å². The van der Waals surface area contributed by atoms with Crippen molar-refractivity contribution in [1.29, 1.82) is 5.26 Å². The van der Waals surface area contributed by atoms with Crippen LogP contribution in [0.4, 0.5) is 0 Å². The maximum Gasteiger partial charge on any atom is 0.163 e. The van der Waals surface area contributed by atoms with E-state index in [1.807, 2.05) is 17.6 Å². The van der Waals surface area contributed by atoms with E-state index < -0.39 is 0 Å². The van der Waals surface area contributed by atoms with Gasteiger partial charge in [0.1, 0.15) is 12.0 Å². The zero-order valence-electron chi connectivity index (χ0n) is 9.79. The summed E-state index contributed by atoms with van der Waals surface area (Å²) in [6.45, 7) is 2.83. The number of rotatable bonds is 2. The van der Waals surface area contributed by atoms with Crippen molar-refractivity contribution in [3.05, 3.63) is 36.1 Å². The third kappa shape index (κ3) is 1.47. The lowest BCUT2D eigenvalue weighted by atomic mass is 10.2. The standard InChI is InChI=1S/C13H10N4O/c1-2-17-12-4-3-9(8-14)7-11(12)15-13(17)10-5-6-18-16-10/h3-7H,2H2,1H3. The van der Waals surface area contributed by atoms with Crippen LogP contribution in [0.5, 0.6) is 0 Å². The maximum atomic E-state index is 8.90. The number of imidazole rings is 1. The third-order valence-electron chi connectivity index (χ3n) is 2.86. The minimum absolute atomic E-state index is 0.606. The Kier molecular flexibility index (Phi) is 2.34. The molecule has 0 N–H and O–H groups in total. The highest BCUT2D eigenvalue weighted by atomic mass is 16.5. The van der Waals surface area contributed by atoms with E-state index in [1.165, 1.54) is 6.26 Å². The molecule has 0 unspecified atom stereocenters. The molecule has 3 rings (SSSR count). The molecule has 0 spiro atoms. The first kappa shape index (κ1) is 10.5. The molecule has 0 atom stereocenters. The van der Waals surface area contributed by atoms with E-state index in [2.05, 4.69) is 16.2 Å². The summed E-state index contributed by atoms with van der Waals surface area (Å²) in [5.41, 5.74) is 3.10. The first-order valence-corrected chi connectivity index (χ1v) is 5.64. The molecule has 0 saturated carbocycles. The number of aryl methyl sites for hydroxylation is 1. The molecular weight excluding hydrogens is 228 g/mol. The molecule has 0 aliphatic heterocycles. The Hall–Kier alpha value is -2.61. The molecule has 0 aliphatic carbocycles. The molecule has 1 aromatic carbocycles. The second-order valence-corrected chi connectivity index (χ2v) is 3.88. The van der Waals surface area contributed by atoms with Gasteiger partial charge in [0.2, 0.25) is 0 Å². The van der Waals surface area contributed by atoms with Gasteiger partial charge in [0.15, 0.2) is 5.82 Å². The van der Waals surface area contributed by atoms with Gasteiger partial charge >= 0.3 is 0 Å². The van der Waals surface area contributed by atoms with Crippen molar-refractivity contribution in [3.63, 3.8) is 0 Å². The van der Waals surface area contributed by atoms with Crippen LogP contribution in [0.25, 0.3) is 22.6 Å². The Balaban J connectivity index is 2.30. The van der Waals surface area contributed by atoms with Crippen LogP contribution in [-0.4, -0.2) is 14.7 Å². The molecule has 3 aromatic rings. The van der Waals surface area contributed by atoms with Gasteiger partial charge in [-0.25, -0.2) is 4.98 Å². The second kappa shape index (κ2) is 4.00. The van der Waals surface area contributed by atoms with Crippen molar-refractivity contribution in [2.45, 2.75) is 13.5 Å². The number of fused-ring (bicyclic) bond motifs is 1. The van der Waals surface area contributed by atoms with E-state index in [-0.39, 0.29) is 0 Å². The molecule has 88 valence electrons. The molecule has 0 aliphatic rings. The van der Waals surface area contributed by atoms with Gasteiger partial charge in [-0.1, -0.05) is 5.16 Å². The highest BCUT2D eigenvalue weighted by Gasteiger charge is 2.13. The molecule has 0 radical (unpaired) electrons. The van der Waals surface area contributed by atoms with Crippen LogP contribution >= 0.6 is 0 Å². The van der Waals surface area contributed by atoms with Crippen molar-refractivity contribution >= 4 is 11.0 Å². The van der Waals surface area contributed by atoms with Gasteiger partial charge in [0.05, 0.1) is 22.7 Å². The number of nitriles is 1. The first-order chi connectivity index (χ1) is 8.83. The summed E-state index contributed by atoms with van der Waals surface area (Å²) in [5, 5.41) is 12.8. The van der Waals surface area contributed by atoms with E-state index >= 15 is 0 Å². The van der Waals surface area contributed by atoms with Crippen LogP contribution in [0, 0.1) is 11.3 Å². The van der Waals surface area contributed by atoms with E-state index in [1.54, 1.807) is 18.2 Å². The monoisotopic (exact) mass is 238 g/mol. The van der Waals surface area contributed by atoms with Crippen LogP contribution < -0.4 is 0 Å². The SMILES string of the molecule is CCn1c(-c2ccon2)nc2cc(C#N)ccc21. The van der Waals surface area contributed by atoms with E-state index in [0.717, 1.165) is 23.4 Å². The number of aromatic nitrogens is 3. The molecule has 2 heterocycles. The Morgan fingerprint density at radius 3 is 2.94 bits per heavy atom. The van der Waals surface area contributed by atoms with E-state index in [9.17, 15) is 0 Å². The summed E-state index contributed by atoms with van der Waals surface area (Å²) in [5.74, 6) is 0.760. The molecule has 0 bridgehead atoms. The third-order valence-corrected chi connectivity index (χ3v) is 2.86. The lowest BCUT2D eigenvalue weighted by Gasteiger charge is -2.02. The molecule has 0 fully saturated rings. The van der Waals surface area contributed by atoms with Crippen molar-refractivity contribution in [3.8, 4) is 17.6 Å². The smallest absolute Gasteiger partial charge is 0.163 e. The molecule has 5 nitrogen and oxygen atoms in total. The maximum absolute atomic E-state index is 8.90. The van der Waals surface area contributed by atoms with Crippen molar-refractivity contribution in [2.24, 2.45) is 0 Å². The lowest BCUT2D eigenvalue weighted by Crippen LogP contribution is -1.97. The first-order valence-electron chi connectivity index (χ1n) is 5.64. The van der Waals surface area contributed by atoms with Crippen LogP contribution in [0.3, 0.4) is 0 Å². The molecule has 2 aromatic heterocycles. The lowest BCUT2D eigenvalue weighted by molar-refractivity contribution is 0.421. The highest BCUT2D eigenvalue weighted by molar-refractivity contribution is 5.81. The normalized spacial score (nSPS) is 10.7. The summed E-state index contributed by atoms with van der Waals surface area (Å²) in [4.78, 5) is 4.52. The van der Waals surface area contributed by atoms with Crippen molar-refractivity contribution < 1.29 is 4.52 Å². The summed E-state index contributed by atoms with van der Waals surface area (Å²) in [7, 11) is 0. The van der Waals surface area contributed by atoms with E-state index in [4.69, 9.17) is 9.78 Å². The topological polar surface area (TPSA) is 67.6 Å². The molecule has 0 saturated heterocycles. The van der Waals surface area contributed by atoms with E-state index in [0.29, 0.717) is 11.3 Å². The molecule has 5 heteroatoms. The fourth-order valence-electron chi connectivity index (χ4n) is 2.04. The Labute approximate surface area is 103 Å². The van der Waals surface area contributed by atoms with Crippen LogP contribution in [0.15, 0.2) is 35.1 Å². The zero-order valence-corrected chi connectivity index (χ0v) is 9.79. The molecule has 18 heavy (non-hydrogen) atoms. The number of benzene rings is 1. The van der Waals surface area contributed by atoms with Gasteiger partial charge in [-0.2, -0.15) is 5.26 Å². The molecule has 0 amide bonds. The zero-order chi connectivity index (χ0) is 12.5. The minimum Gasteiger partial charge on any atom is -0.364 e. The number of nitrogens with zero attached hydrogens (tertiary/aromatic N) is 4. The predicted molar refractivity (Wildman–Crippen MR) is 65.6 cm³/mol. The van der Waals surface area contributed by atoms with Gasteiger partial charge in [0.25, 0.3) is 0 Å². The largest absolute Gasteiger partial charge is 0.364 e. The average Bonchev–Trinajstić information content (AvgIpc) is 3.04. The predicted octanol–water partition coefficient (Wildman–Crippen LogP) is 2.58. The van der Waals surface area contributed by atoms with Gasteiger partial charge < -0.3 is 9.09 Å². The van der Waals surface area contributed by atoms with Crippen LogP contribution in [-0.2, 0) is 6.54 Å². The quantitative estimate of drug-likeness (QED) is 0.688. The highest BCUT2D eigenvalue weighted by Crippen LogP contribution is 2.24. The number of hydrogen-bond acceptors (Lipinski definition) is 4. The van der Waals surface area contributed by atoms with Crippen LogP contribution in [0.1, 0.15) is 12.5 Å².